The zero-order chi connectivity index (χ0) is 23.4. The largest absolute Gasteiger partial charge is 0.455 e. The monoisotopic (exact) mass is 445 g/mol. The minimum Gasteiger partial charge on any atom is -0.455 e. The Kier molecular flexibility index (Phi) is 4.80. The molecule has 6 aromatic rings. The minimum atomic E-state index is 0.417. The van der Waals surface area contributed by atoms with Crippen LogP contribution in [0.3, 0.4) is 0 Å². The molecular weight excluding hydrogens is 418 g/mol. The lowest BCUT2D eigenvalue weighted by Gasteiger charge is -2.10. The average Bonchev–Trinajstić information content (AvgIpc) is 3.44. The summed E-state index contributed by atoms with van der Waals surface area (Å²) in [6, 6.07) is 27.4. The van der Waals surface area contributed by atoms with E-state index in [0.29, 0.717) is 17.7 Å². The molecule has 0 aliphatic rings. The van der Waals surface area contributed by atoms with Crippen molar-refractivity contribution in [1.82, 2.24) is 4.98 Å². The van der Waals surface area contributed by atoms with E-state index in [2.05, 4.69) is 87.3 Å². The van der Waals surface area contributed by atoms with E-state index in [-0.39, 0.29) is 0 Å². The highest BCUT2D eigenvalue weighted by molar-refractivity contribution is 6.10. The van der Waals surface area contributed by atoms with Gasteiger partial charge in [-0.2, -0.15) is 0 Å². The van der Waals surface area contributed by atoms with Crippen LogP contribution in [0.15, 0.2) is 87.7 Å². The molecule has 0 spiro atoms. The first-order chi connectivity index (χ1) is 16.5. The molecule has 34 heavy (non-hydrogen) atoms. The number of aromatic nitrogens is 1. The number of para-hydroxylation sites is 2. The van der Waals surface area contributed by atoms with Crippen LogP contribution in [0.2, 0.25) is 0 Å². The maximum atomic E-state index is 6.43. The van der Waals surface area contributed by atoms with Crippen molar-refractivity contribution in [3.05, 3.63) is 90.0 Å². The van der Waals surface area contributed by atoms with E-state index in [9.17, 15) is 0 Å². The fourth-order valence-electron chi connectivity index (χ4n) is 4.61. The third kappa shape index (κ3) is 3.40. The number of hydrogen-bond donors (Lipinski definition) is 0. The van der Waals surface area contributed by atoms with Crippen molar-refractivity contribution in [3.63, 3.8) is 0 Å². The first-order valence-electron chi connectivity index (χ1n) is 11.9. The molecule has 0 amide bonds. The molecule has 4 aromatic carbocycles. The van der Waals surface area contributed by atoms with Gasteiger partial charge in [-0.05, 0) is 77.1 Å². The minimum absolute atomic E-state index is 0.417. The van der Waals surface area contributed by atoms with Crippen molar-refractivity contribution in [3.8, 4) is 22.6 Å². The van der Waals surface area contributed by atoms with E-state index in [4.69, 9.17) is 8.83 Å². The predicted molar refractivity (Wildman–Crippen MR) is 140 cm³/mol. The summed E-state index contributed by atoms with van der Waals surface area (Å²) in [6.45, 7) is 8.94. The van der Waals surface area contributed by atoms with Gasteiger partial charge >= 0.3 is 0 Å². The third-order valence-corrected chi connectivity index (χ3v) is 6.69. The zero-order valence-electron chi connectivity index (χ0n) is 19.9. The summed E-state index contributed by atoms with van der Waals surface area (Å²) in [5.74, 6) is 1.53. The van der Waals surface area contributed by atoms with Crippen LogP contribution in [0.4, 0.5) is 0 Å². The first kappa shape index (κ1) is 20.7. The van der Waals surface area contributed by atoms with Gasteiger partial charge in [-0.1, -0.05) is 58.0 Å². The Morgan fingerprint density at radius 1 is 0.618 bits per heavy atom. The Balaban J connectivity index is 1.50. The lowest BCUT2D eigenvalue weighted by molar-refractivity contribution is 0.620. The fraction of sp³-hybridized carbons (Fsp3) is 0.194. The summed E-state index contributed by atoms with van der Waals surface area (Å²) >= 11 is 0. The van der Waals surface area contributed by atoms with Crippen LogP contribution in [0.25, 0.3) is 55.6 Å². The van der Waals surface area contributed by atoms with E-state index in [1.54, 1.807) is 0 Å². The smallest absolute Gasteiger partial charge is 0.227 e. The topological polar surface area (TPSA) is 39.2 Å². The van der Waals surface area contributed by atoms with Crippen LogP contribution < -0.4 is 0 Å². The number of nitrogens with zero attached hydrogens (tertiary/aromatic N) is 1. The van der Waals surface area contributed by atoms with Gasteiger partial charge in [0.1, 0.15) is 16.7 Å². The average molecular weight is 446 g/mol. The molecule has 0 N–H and O–H groups in total. The van der Waals surface area contributed by atoms with Gasteiger partial charge in [0.15, 0.2) is 5.58 Å². The van der Waals surface area contributed by atoms with E-state index >= 15 is 0 Å². The Morgan fingerprint density at radius 3 is 2.06 bits per heavy atom. The SMILES string of the molecule is CC(C)c1ccc2oc3c(-c4ccc(-c5nc6ccccc6o5)cc4)cc(C(C)C)cc3c2c1. The van der Waals surface area contributed by atoms with E-state index in [0.717, 1.165) is 39.0 Å². The third-order valence-electron chi connectivity index (χ3n) is 6.69. The lowest BCUT2D eigenvalue weighted by Crippen LogP contribution is -1.90. The molecule has 0 unspecified atom stereocenters. The molecule has 0 atom stereocenters. The van der Waals surface area contributed by atoms with E-state index in [1.165, 1.54) is 21.9 Å². The van der Waals surface area contributed by atoms with Gasteiger partial charge in [0.2, 0.25) is 5.89 Å². The van der Waals surface area contributed by atoms with Gasteiger partial charge in [0.25, 0.3) is 0 Å². The highest BCUT2D eigenvalue weighted by atomic mass is 16.3. The zero-order valence-corrected chi connectivity index (χ0v) is 19.9. The van der Waals surface area contributed by atoms with Gasteiger partial charge in [-0.15, -0.1) is 0 Å². The Morgan fingerprint density at radius 2 is 1.32 bits per heavy atom. The van der Waals surface area contributed by atoms with Crippen LogP contribution in [-0.2, 0) is 0 Å². The molecule has 0 aliphatic heterocycles. The van der Waals surface area contributed by atoms with Crippen molar-refractivity contribution >= 4 is 33.0 Å². The number of oxazole rings is 1. The lowest BCUT2D eigenvalue weighted by atomic mass is 9.93. The second kappa shape index (κ2) is 7.88. The molecule has 0 bridgehead atoms. The summed E-state index contributed by atoms with van der Waals surface area (Å²) in [5, 5.41) is 2.37. The van der Waals surface area contributed by atoms with E-state index in [1.807, 2.05) is 24.3 Å². The van der Waals surface area contributed by atoms with Gasteiger partial charge in [0, 0.05) is 21.9 Å². The molecule has 3 nitrogen and oxygen atoms in total. The van der Waals surface area contributed by atoms with Crippen LogP contribution >= 0.6 is 0 Å². The summed E-state index contributed by atoms with van der Waals surface area (Å²) in [4.78, 5) is 4.64. The van der Waals surface area contributed by atoms with Gasteiger partial charge in [-0.25, -0.2) is 4.98 Å². The highest BCUT2D eigenvalue weighted by Crippen LogP contribution is 2.40. The highest BCUT2D eigenvalue weighted by Gasteiger charge is 2.17. The first-order valence-corrected chi connectivity index (χ1v) is 11.9. The standard InChI is InChI=1S/C31H27NO2/c1-18(2)22-13-14-28-25(15-22)26-17-23(19(3)4)16-24(30(26)33-28)20-9-11-21(12-10-20)31-32-27-7-5-6-8-29(27)34-31/h5-19H,1-4H3. The maximum Gasteiger partial charge on any atom is 0.227 e. The fourth-order valence-corrected chi connectivity index (χ4v) is 4.61. The van der Waals surface area contributed by atoms with Gasteiger partial charge < -0.3 is 8.83 Å². The number of hydrogen-bond acceptors (Lipinski definition) is 3. The molecule has 2 heterocycles. The number of furan rings is 1. The Hall–Kier alpha value is -3.85. The molecule has 168 valence electrons. The van der Waals surface area contributed by atoms with Crippen molar-refractivity contribution in [2.75, 3.05) is 0 Å². The summed E-state index contributed by atoms with van der Waals surface area (Å²) in [6.07, 6.45) is 0. The Labute approximate surface area is 199 Å². The normalized spacial score (nSPS) is 12.1. The number of benzene rings is 4. The molecule has 3 heteroatoms. The number of rotatable bonds is 4. The quantitative estimate of drug-likeness (QED) is 0.271. The van der Waals surface area contributed by atoms with Crippen LogP contribution in [0.1, 0.15) is 50.7 Å². The maximum absolute atomic E-state index is 6.43. The van der Waals surface area contributed by atoms with Gasteiger partial charge in [-0.3, -0.25) is 0 Å². The van der Waals surface area contributed by atoms with Crippen molar-refractivity contribution < 1.29 is 8.83 Å². The predicted octanol–water partition coefficient (Wildman–Crippen LogP) is 9.31. The van der Waals surface area contributed by atoms with Gasteiger partial charge in [0.05, 0.1) is 0 Å². The van der Waals surface area contributed by atoms with Crippen LogP contribution in [-0.4, -0.2) is 4.98 Å². The summed E-state index contributed by atoms with van der Waals surface area (Å²) < 4.78 is 12.4. The van der Waals surface area contributed by atoms with Crippen molar-refractivity contribution in [1.29, 1.82) is 0 Å². The molecule has 0 radical (unpaired) electrons. The molecule has 0 aliphatic carbocycles. The van der Waals surface area contributed by atoms with Crippen molar-refractivity contribution in [2.45, 2.75) is 39.5 Å². The Bertz CT molecular complexity index is 1620. The molecule has 0 saturated carbocycles. The molecule has 6 rings (SSSR count). The van der Waals surface area contributed by atoms with Crippen LogP contribution in [0, 0.1) is 0 Å². The molecule has 2 aromatic heterocycles. The summed E-state index contributed by atoms with van der Waals surface area (Å²) in [7, 11) is 0. The van der Waals surface area contributed by atoms with Crippen LogP contribution in [0.5, 0.6) is 0 Å². The summed E-state index contributed by atoms with van der Waals surface area (Å²) in [5.41, 5.74) is 9.38. The number of fused-ring (bicyclic) bond motifs is 4. The second-order valence-electron chi connectivity index (χ2n) is 9.68. The second-order valence-corrected chi connectivity index (χ2v) is 9.68. The molecular formula is C31H27NO2. The molecule has 0 fully saturated rings. The van der Waals surface area contributed by atoms with Crippen molar-refractivity contribution in [2.24, 2.45) is 0 Å². The molecule has 0 saturated heterocycles. The van der Waals surface area contributed by atoms with E-state index < -0.39 is 0 Å².